The van der Waals surface area contributed by atoms with Gasteiger partial charge in [0, 0.05) is 7.11 Å². The van der Waals surface area contributed by atoms with Crippen molar-refractivity contribution in [3.05, 3.63) is 108 Å². The molecule has 3 aromatic carbocycles. The highest BCUT2D eigenvalue weighted by molar-refractivity contribution is 5.47. The summed E-state index contributed by atoms with van der Waals surface area (Å²) in [4.78, 5) is 0. The maximum absolute atomic E-state index is 10.4. The topological polar surface area (TPSA) is 68.2 Å². The number of aliphatic hydroxyl groups excluding tert-OH is 2. The van der Waals surface area contributed by atoms with Crippen molar-refractivity contribution >= 4 is 0 Å². The first-order chi connectivity index (χ1) is 14.7. The van der Waals surface area contributed by atoms with Gasteiger partial charge in [0.2, 0.25) is 0 Å². The van der Waals surface area contributed by atoms with Gasteiger partial charge in [-0.2, -0.15) is 0 Å². The van der Waals surface area contributed by atoms with Crippen LogP contribution in [0, 0.1) is 0 Å². The lowest BCUT2D eigenvalue weighted by Crippen LogP contribution is -2.39. The van der Waals surface area contributed by atoms with Crippen molar-refractivity contribution < 1.29 is 24.4 Å². The maximum Gasteiger partial charge on any atom is 0.186 e. The summed E-state index contributed by atoms with van der Waals surface area (Å²) < 4.78 is 17.4. The molecule has 1 aliphatic rings. The highest BCUT2D eigenvalue weighted by Gasteiger charge is 2.45. The number of hydrogen-bond donors (Lipinski definition) is 2. The molecule has 0 aromatic heterocycles. The Morgan fingerprint density at radius 2 is 1.17 bits per heavy atom. The van der Waals surface area contributed by atoms with E-state index in [1.807, 2.05) is 91.0 Å². The molecule has 2 N–H and O–H groups in total. The second kappa shape index (κ2) is 9.08. The summed E-state index contributed by atoms with van der Waals surface area (Å²) >= 11 is 0. The average molecular weight is 406 g/mol. The van der Waals surface area contributed by atoms with E-state index in [0.29, 0.717) is 0 Å². The molecule has 1 fully saturated rings. The molecule has 0 radical (unpaired) electrons. The third-order valence-corrected chi connectivity index (χ3v) is 5.56. The van der Waals surface area contributed by atoms with Crippen LogP contribution in [0.1, 0.15) is 16.7 Å². The highest BCUT2D eigenvalue weighted by Crippen LogP contribution is 2.41. The van der Waals surface area contributed by atoms with Gasteiger partial charge in [0.15, 0.2) is 6.29 Å². The molecule has 0 amide bonds. The molecule has 5 nitrogen and oxygen atoms in total. The van der Waals surface area contributed by atoms with Crippen LogP contribution < -0.4 is 0 Å². The fourth-order valence-electron chi connectivity index (χ4n) is 4.02. The van der Waals surface area contributed by atoms with Crippen LogP contribution >= 0.6 is 0 Å². The maximum atomic E-state index is 10.4. The second-order valence-corrected chi connectivity index (χ2v) is 7.35. The van der Waals surface area contributed by atoms with Crippen LogP contribution in [0.5, 0.6) is 0 Å². The Labute approximate surface area is 176 Å². The van der Waals surface area contributed by atoms with Crippen molar-refractivity contribution in [3.8, 4) is 0 Å². The Kier molecular flexibility index (Phi) is 6.27. The molecule has 4 rings (SSSR count). The third kappa shape index (κ3) is 3.78. The van der Waals surface area contributed by atoms with Gasteiger partial charge in [-0.25, -0.2) is 0 Å². The molecule has 1 saturated heterocycles. The Hall–Kier alpha value is -2.54. The number of benzene rings is 3. The van der Waals surface area contributed by atoms with Gasteiger partial charge in [0.1, 0.15) is 23.9 Å². The Balaban J connectivity index is 1.78. The number of rotatable bonds is 7. The fraction of sp³-hybridized carbons (Fsp3) is 0.280. The van der Waals surface area contributed by atoms with E-state index in [1.165, 1.54) is 7.11 Å². The number of methoxy groups -OCH3 is 1. The minimum atomic E-state index is -1.12. The number of ether oxygens (including phenoxy) is 3. The summed E-state index contributed by atoms with van der Waals surface area (Å²) in [5.74, 6) is 0. The van der Waals surface area contributed by atoms with Crippen LogP contribution in [0.3, 0.4) is 0 Å². The summed E-state index contributed by atoms with van der Waals surface area (Å²) in [6.45, 7) is 0.0662. The Bertz CT molecular complexity index is 819. The first-order valence-electron chi connectivity index (χ1n) is 10.0. The lowest BCUT2D eigenvalue weighted by molar-refractivity contribution is -0.162. The summed E-state index contributed by atoms with van der Waals surface area (Å²) in [6, 6.07) is 29.9. The minimum Gasteiger partial charge on any atom is -0.387 e. The third-order valence-electron chi connectivity index (χ3n) is 5.56. The first kappa shape index (κ1) is 20.7. The van der Waals surface area contributed by atoms with E-state index >= 15 is 0 Å². The van der Waals surface area contributed by atoms with Gasteiger partial charge in [-0.3, -0.25) is 0 Å². The predicted octanol–water partition coefficient (Wildman–Crippen LogP) is 3.09. The largest absolute Gasteiger partial charge is 0.387 e. The van der Waals surface area contributed by atoms with Crippen LogP contribution in [-0.2, 0) is 19.8 Å². The quantitative estimate of drug-likeness (QED) is 0.590. The van der Waals surface area contributed by atoms with Gasteiger partial charge in [0.25, 0.3) is 0 Å². The summed E-state index contributed by atoms with van der Waals surface area (Å²) in [6.07, 6.45) is -3.83. The number of hydrogen-bond acceptors (Lipinski definition) is 5. The minimum absolute atomic E-state index is 0.0662. The smallest absolute Gasteiger partial charge is 0.186 e. The monoisotopic (exact) mass is 406 g/mol. The van der Waals surface area contributed by atoms with E-state index in [-0.39, 0.29) is 6.61 Å². The van der Waals surface area contributed by atoms with Crippen molar-refractivity contribution in [2.75, 3.05) is 13.7 Å². The molecule has 0 spiro atoms. The van der Waals surface area contributed by atoms with Crippen molar-refractivity contribution in [2.45, 2.75) is 30.2 Å². The van der Waals surface area contributed by atoms with E-state index in [4.69, 9.17) is 14.2 Å². The van der Waals surface area contributed by atoms with Crippen molar-refractivity contribution in [2.24, 2.45) is 0 Å². The lowest BCUT2D eigenvalue weighted by Gasteiger charge is -2.37. The number of aliphatic hydroxyl groups is 2. The molecule has 5 heteroatoms. The van der Waals surface area contributed by atoms with Gasteiger partial charge in [-0.05, 0) is 16.7 Å². The molecule has 0 bridgehead atoms. The zero-order chi connectivity index (χ0) is 21.0. The zero-order valence-corrected chi connectivity index (χ0v) is 16.8. The highest BCUT2D eigenvalue weighted by atomic mass is 16.7. The van der Waals surface area contributed by atoms with Crippen LogP contribution in [0.4, 0.5) is 0 Å². The van der Waals surface area contributed by atoms with Gasteiger partial charge in [-0.15, -0.1) is 0 Å². The summed E-state index contributed by atoms with van der Waals surface area (Å²) in [5.41, 5.74) is 1.96. The Morgan fingerprint density at radius 3 is 1.53 bits per heavy atom. The van der Waals surface area contributed by atoms with E-state index in [2.05, 4.69) is 0 Å². The summed E-state index contributed by atoms with van der Waals surface area (Å²) in [5, 5.41) is 20.6. The molecular weight excluding hydrogens is 380 g/mol. The van der Waals surface area contributed by atoms with Gasteiger partial charge < -0.3 is 24.4 Å². The molecular formula is C25H26O5. The van der Waals surface area contributed by atoms with Crippen molar-refractivity contribution in [1.82, 2.24) is 0 Å². The van der Waals surface area contributed by atoms with Crippen LogP contribution in [-0.4, -0.2) is 48.5 Å². The molecule has 3 aromatic rings. The molecule has 0 aliphatic carbocycles. The van der Waals surface area contributed by atoms with Crippen molar-refractivity contribution in [3.63, 3.8) is 0 Å². The normalized spacial score (nSPS) is 24.1. The standard InChI is InChI=1S/C25H26O5/c1-28-24-23(27)22(26)21(30-24)17-29-25(18-11-5-2-6-12-18,19-13-7-3-8-14-19)20-15-9-4-10-16-20/h2-16,21-24,26-27H,17H2,1H3/t21-,22-,23-,24?/m1/s1. The van der Waals surface area contributed by atoms with Crippen LogP contribution in [0.15, 0.2) is 91.0 Å². The Morgan fingerprint density at radius 1 is 0.733 bits per heavy atom. The molecule has 0 saturated carbocycles. The molecule has 1 heterocycles. The second-order valence-electron chi connectivity index (χ2n) is 7.35. The first-order valence-corrected chi connectivity index (χ1v) is 10.0. The average Bonchev–Trinajstić information content (AvgIpc) is 3.09. The lowest BCUT2D eigenvalue weighted by atomic mass is 9.80. The molecule has 1 unspecified atom stereocenters. The predicted molar refractivity (Wildman–Crippen MR) is 113 cm³/mol. The van der Waals surface area contributed by atoms with Gasteiger partial charge in [0.05, 0.1) is 6.61 Å². The van der Waals surface area contributed by atoms with Crippen LogP contribution in [0.25, 0.3) is 0 Å². The van der Waals surface area contributed by atoms with Gasteiger partial charge in [-0.1, -0.05) is 91.0 Å². The van der Waals surface area contributed by atoms with Gasteiger partial charge >= 0.3 is 0 Å². The fourth-order valence-corrected chi connectivity index (χ4v) is 4.02. The van der Waals surface area contributed by atoms with E-state index in [0.717, 1.165) is 16.7 Å². The molecule has 30 heavy (non-hydrogen) atoms. The molecule has 1 aliphatic heterocycles. The van der Waals surface area contributed by atoms with Crippen molar-refractivity contribution in [1.29, 1.82) is 0 Å². The van der Waals surface area contributed by atoms with E-state index in [1.54, 1.807) is 0 Å². The zero-order valence-electron chi connectivity index (χ0n) is 16.8. The SMILES string of the molecule is COC1O[C@H](COC(c2ccccc2)(c2ccccc2)c2ccccc2)[C@@H](O)[C@H]1O. The van der Waals surface area contributed by atoms with E-state index < -0.39 is 30.2 Å². The summed E-state index contributed by atoms with van der Waals surface area (Å²) in [7, 11) is 1.44. The van der Waals surface area contributed by atoms with E-state index in [9.17, 15) is 10.2 Å². The molecule has 156 valence electrons. The molecule has 4 atom stereocenters. The van der Waals surface area contributed by atoms with Crippen LogP contribution in [0.2, 0.25) is 0 Å².